The van der Waals surface area contributed by atoms with Crippen LogP contribution in [0.2, 0.25) is 5.02 Å². The number of rotatable bonds is 3. The molecule has 0 fully saturated rings. The smallest absolute Gasteiger partial charge is 0.337 e. The van der Waals surface area contributed by atoms with Gasteiger partial charge in [-0.25, -0.2) is 4.79 Å². The zero-order valence-corrected chi connectivity index (χ0v) is 10.7. The van der Waals surface area contributed by atoms with Crippen LogP contribution < -0.4 is 21.9 Å². The van der Waals surface area contributed by atoms with Crippen LogP contribution in [0.5, 0.6) is 0 Å². The molecule has 5 nitrogen and oxygen atoms in total. The lowest BCUT2D eigenvalue weighted by Crippen LogP contribution is -2.33. The highest BCUT2D eigenvalue weighted by atomic mass is 35.5. The van der Waals surface area contributed by atoms with Crippen molar-refractivity contribution in [3.63, 3.8) is 0 Å². The van der Waals surface area contributed by atoms with Crippen molar-refractivity contribution >= 4 is 34.7 Å². The first-order valence-electron chi connectivity index (χ1n) is 5.58. The van der Waals surface area contributed by atoms with Gasteiger partial charge in [-0.3, -0.25) is 10.9 Å². The molecule has 0 aliphatic heterocycles. The Labute approximate surface area is 115 Å². The molecular weight excluding hydrogens is 264 g/mol. The van der Waals surface area contributed by atoms with E-state index in [-0.39, 0.29) is 0 Å². The number of carbonyl (C=O) groups excluding carboxylic acids is 1. The van der Waals surface area contributed by atoms with Crippen molar-refractivity contribution in [3.8, 4) is 0 Å². The van der Waals surface area contributed by atoms with Crippen molar-refractivity contribution in [1.29, 1.82) is 0 Å². The summed E-state index contributed by atoms with van der Waals surface area (Å²) < 4.78 is 0. The van der Waals surface area contributed by atoms with E-state index < -0.39 is 6.03 Å². The lowest BCUT2D eigenvalue weighted by Gasteiger charge is -2.11. The van der Waals surface area contributed by atoms with E-state index in [2.05, 4.69) is 16.2 Å². The maximum atomic E-state index is 11.6. The van der Waals surface area contributed by atoms with Gasteiger partial charge in [0.1, 0.15) is 0 Å². The van der Waals surface area contributed by atoms with Gasteiger partial charge in [0.15, 0.2) is 0 Å². The Balaban J connectivity index is 1.90. The van der Waals surface area contributed by atoms with E-state index >= 15 is 0 Å². The summed E-state index contributed by atoms with van der Waals surface area (Å²) in [7, 11) is 0. The Morgan fingerprint density at radius 1 is 1.11 bits per heavy atom. The normalized spacial score (nSPS) is 9.74. The molecule has 5 N–H and O–H groups in total. The number of amides is 2. The number of hydrogen-bond donors (Lipinski definition) is 4. The highest BCUT2D eigenvalue weighted by Gasteiger charge is 2.02. The maximum Gasteiger partial charge on any atom is 0.337 e. The third-order valence-electron chi connectivity index (χ3n) is 2.35. The Hall–Kier alpha value is -2.40. The summed E-state index contributed by atoms with van der Waals surface area (Å²) in [6.45, 7) is 0. The van der Waals surface area contributed by atoms with E-state index in [0.717, 1.165) is 0 Å². The minimum absolute atomic E-state index is 0.412. The van der Waals surface area contributed by atoms with Crippen LogP contribution in [-0.2, 0) is 0 Å². The molecule has 0 bridgehead atoms. The molecule has 0 aliphatic rings. The minimum Gasteiger partial charge on any atom is -0.397 e. The minimum atomic E-state index is -0.412. The molecule has 0 aromatic heterocycles. The van der Waals surface area contributed by atoms with Gasteiger partial charge in [0.25, 0.3) is 0 Å². The predicted octanol–water partition coefficient (Wildman–Crippen LogP) is 3.07. The standard InChI is InChI=1S/C13H13ClN4O/c14-9-4-3-5-10(8-9)16-13(19)18-17-12-7-2-1-6-11(12)15/h1-8,17H,15H2,(H2,16,18,19). The SMILES string of the molecule is Nc1ccccc1NNC(=O)Nc1cccc(Cl)c1. The van der Waals surface area contributed by atoms with E-state index in [9.17, 15) is 4.79 Å². The fourth-order valence-electron chi connectivity index (χ4n) is 1.46. The molecular formula is C13H13ClN4O. The summed E-state index contributed by atoms with van der Waals surface area (Å²) in [4.78, 5) is 11.6. The fraction of sp³-hybridized carbons (Fsp3) is 0. The van der Waals surface area contributed by atoms with Crippen LogP contribution >= 0.6 is 11.6 Å². The number of nitrogens with one attached hydrogen (secondary N) is 3. The van der Waals surface area contributed by atoms with Crippen molar-refractivity contribution in [3.05, 3.63) is 53.6 Å². The van der Waals surface area contributed by atoms with Crippen LogP contribution in [-0.4, -0.2) is 6.03 Å². The van der Waals surface area contributed by atoms with Gasteiger partial charge in [0.05, 0.1) is 11.4 Å². The number of para-hydroxylation sites is 2. The van der Waals surface area contributed by atoms with Crippen LogP contribution in [0.25, 0.3) is 0 Å². The Bertz CT molecular complexity index is 588. The first-order chi connectivity index (χ1) is 9.15. The number of hydrogen-bond acceptors (Lipinski definition) is 3. The Morgan fingerprint density at radius 2 is 1.89 bits per heavy atom. The predicted molar refractivity (Wildman–Crippen MR) is 78.1 cm³/mol. The molecule has 6 heteroatoms. The largest absolute Gasteiger partial charge is 0.397 e. The molecule has 0 aliphatic carbocycles. The first-order valence-corrected chi connectivity index (χ1v) is 5.96. The molecule has 2 aromatic carbocycles. The topological polar surface area (TPSA) is 79.2 Å². The van der Waals surface area contributed by atoms with Crippen molar-refractivity contribution in [1.82, 2.24) is 5.43 Å². The zero-order valence-electron chi connectivity index (χ0n) is 9.98. The summed E-state index contributed by atoms with van der Waals surface area (Å²) in [5.74, 6) is 0. The second-order valence-corrected chi connectivity index (χ2v) is 4.24. The quantitative estimate of drug-likeness (QED) is 0.514. The van der Waals surface area contributed by atoms with Crippen LogP contribution in [0.1, 0.15) is 0 Å². The summed E-state index contributed by atoms with van der Waals surface area (Å²) in [6, 6.07) is 13.6. The summed E-state index contributed by atoms with van der Waals surface area (Å²) in [6.07, 6.45) is 0. The molecule has 0 spiro atoms. The van der Waals surface area contributed by atoms with E-state index in [1.807, 2.05) is 12.1 Å². The molecule has 0 saturated heterocycles. The van der Waals surface area contributed by atoms with Gasteiger partial charge in [-0.05, 0) is 30.3 Å². The molecule has 98 valence electrons. The number of carbonyl (C=O) groups is 1. The van der Waals surface area contributed by atoms with E-state index in [1.165, 1.54) is 0 Å². The van der Waals surface area contributed by atoms with Crippen molar-refractivity contribution in [2.24, 2.45) is 0 Å². The zero-order chi connectivity index (χ0) is 13.7. The third-order valence-corrected chi connectivity index (χ3v) is 2.59. The average Bonchev–Trinajstić information content (AvgIpc) is 2.38. The van der Waals surface area contributed by atoms with Gasteiger partial charge in [-0.1, -0.05) is 29.8 Å². The number of hydrazine groups is 1. The highest BCUT2D eigenvalue weighted by molar-refractivity contribution is 6.30. The molecule has 2 rings (SSSR count). The van der Waals surface area contributed by atoms with Gasteiger partial charge in [-0.15, -0.1) is 0 Å². The maximum absolute atomic E-state index is 11.6. The second kappa shape index (κ2) is 5.97. The van der Waals surface area contributed by atoms with Crippen LogP contribution in [0.4, 0.5) is 21.9 Å². The molecule has 0 radical (unpaired) electrons. The summed E-state index contributed by atoms with van der Waals surface area (Å²) in [5.41, 5.74) is 12.7. The van der Waals surface area contributed by atoms with Crippen LogP contribution in [0.3, 0.4) is 0 Å². The first kappa shape index (κ1) is 13.0. The number of nitrogens with two attached hydrogens (primary N) is 1. The van der Waals surface area contributed by atoms with Gasteiger partial charge < -0.3 is 11.1 Å². The number of anilines is 3. The molecule has 19 heavy (non-hydrogen) atoms. The third kappa shape index (κ3) is 3.79. The number of urea groups is 1. The van der Waals surface area contributed by atoms with E-state index in [4.69, 9.17) is 17.3 Å². The highest BCUT2D eigenvalue weighted by Crippen LogP contribution is 2.16. The molecule has 0 unspecified atom stereocenters. The number of nitrogen functional groups attached to an aromatic ring is 1. The Kier molecular flexibility index (Phi) is 4.10. The molecule has 2 amide bonds. The summed E-state index contributed by atoms with van der Waals surface area (Å²) >= 11 is 5.82. The number of benzene rings is 2. The van der Waals surface area contributed by atoms with Gasteiger partial charge in [-0.2, -0.15) is 0 Å². The monoisotopic (exact) mass is 276 g/mol. The molecule has 2 aromatic rings. The van der Waals surface area contributed by atoms with Crippen molar-refractivity contribution in [2.45, 2.75) is 0 Å². The van der Waals surface area contributed by atoms with Gasteiger partial charge in [0.2, 0.25) is 0 Å². The fourth-order valence-corrected chi connectivity index (χ4v) is 1.65. The Morgan fingerprint density at radius 3 is 2.63 bits per heavy atom. The lowest BCUT2D eigenvalue weighted by atomic mass is 10.3. The lowest BCUT2D eigenvalue weighted by molar-refractivity contribution is 0.254. The van der Waals surface area contributed by atoms with E-state index in [0.29, 0.717) is 22.1 Å². The van der Waals surface area contributed by atoms with E-state index in [1.54, 1.807) is 36.4 Å². The molecule has 0 atom stereocenters. The number of halogens is 1. The van der Waals surface area contributed by atoms with Crippen molar-refractivity contribution in [2.75, 3.05) is 16.5 Å². The van der Waals surface area contributed by atoms with Gasteiger partial charge in [0, 0.05) is 10.7 Å². The summed E-state index contributed by atoms with van der Waals surface area (Å²) in [5, 5.41) is 3.19. The van der Waals surface area contributed by atoms with Crippen LogP contribution in [0.15, 0.2) is 48.5 Å². The van der Waals surface area contributed by atoms with Crippen molar-refractivity contribution < 1.29 is 4.79 Å². The average molecular weight is 277 g/mol. The molecule has 0 heterocycles. The molecule has 0 saturated carbocycles. The van der Waals surface area contributed by atoms with Gasteiger partial charge >= 0.3 is 6.03 Å². The van der Waals surface area contributed by atoms with Crippen LogP contribution in [0, 0.1) is 0 Å². The second-order valence-electron chi connectivity index (χ2n) is 3.80.